The van der Waals surface area contributed by atoms with Crippen molar-refractivity contribution in [2.45, 2.75) is 13.2 Å². The Balaban J connectivity index is 1.45. The molecule has 2 aromatic carbocycles. The van der Waals surface area contributed by atoms with Crippen LogP contribution in [0.15, 0.2) is 78.9 Å². The minimum Gasteiger partial charge on any atom is -0.427 e. The molecule has 0 radical (unpaired) electrons. The average Bonchev–Trinajstić information content (AvgIpc) is 2.73. The number of carbonyl (C=O) groups excluding carboxylic acids is 2. The third-order valence-corrected chi connectivity index (χ3v) is 3.43. The molecule has 28 heavy (non-hydrogen) atoms. The van der Waals surface area contributed by atoms with Gasteiger partial charge in [0.05, 0.1) is 11.4 Å². The van der Waals surface area contributed by atoms with Crippen molar-refractivity contribution < 1.29 is 28.5 Å². The number of ether oxygens (including phenoxy) is 4. The Labute approximate surface area is 161 Å². The predicted molar refractivity (Wildman–Crippen MR) is 98.7 cm³/mol. The summed E-state index contributed by atoms with van der Waals surface area (Å²) in [7, 11) is 0. The van der Waals surface area contributed by atoms with E-state index in [1.807, 2.05) is 12.1 Å². The van der Waals surface area contributed by atoms with Crippen LogP contribution in [0.25, 0.3) is 0 Å². The van der Waals surface area contributed by atoms with Gasteiger partial charge in [0.15, 0.2) is 0 Å². The van der Waals surface area contributed by atoms with Crippen molar-refractivity contribution in [3.05, 3.63) is 90.3 Å². The van der Waals surface area contributed by atoms with Crippen LogP contribution in [0.5, 0.6) is 11.5 Å². The van der Waals surface area contributed by atoms with Gasteiger partial charge in [-0.25, -0.2) is 9.59 Å². The fourth-order valence-corrected chi connectivity index (χ4v) is 2.18. The van der Waals surface area contributed by atoms with Crippen LogP contribution in [-0.2, 0) is 22.7 Å². The smallest absolute Gasteiger partial charge is 0.427 e. The second-order valence-electron chi connectivity index (χ2n) is 5.53. The second-order valence-corrected chi connectivity index (χ2v) is 5.53. The minimum atomic E-state index is -0.832. The van der Waals surface area contributed by atoms with Gasteiger partial charge in [-0.15, -0.1) is 0 Å². The summed E-state index contributed by atoms with van der Waals surface area (Å²) < 4.78 is 20.1. The van der Waals surface area contributed by atoms with E-state index in [4.69, 9.17) is 18.9 Å². The van der Waals surface area contributed by atoms with Crippen molar-refractivity contribution in [1.82, 2.24) is 4.98 Å². The second kappa shape index (κ2) is 9.72. The van der Waals surface area contributed by atoms with E-state index in [1.54, 1.807) is 66.7 Å². The highest BCUT2D eigenvalue weighted by Gasteiger charge is 2.09. The molecule has 0 aliphatic carbocycles. The van der Waals surface area contributed by atoms with E-state index in [1.165, 1.54) is 0 Å². The lowest BCUT2D eigenvalue weighted by molar-refractivity contribution is 0.0897. The number of pyridine rings is 1. The maximum absolute atomic E-state index is 11.7. The molecule has 0 aliphatic rings. The number of hydrogen-bond donors (Lipinski definition) is 0. The van der Waals surface area contributed by atoms with Crippen LogP contribution in [0, 0.1) is 0 Å². The van der Waals surface area contributed by atoms with Gasteiger partial charge < -0.3 is 18.9 Å². The van der Waals surface area contributed by atoms with Crippen LogP contribution in [-0.4, -0.2) is 17.3 Å². The summed E-state index contributed by atoms with van der Waals surface area (Å²) in [5, 5.41) is 0. The van der Waals surface area contributed by atoms with Crippen LogP contribution in [0.2, 0.25) is 0 Å². The SMILES string of the molecule is O=C(OCc1cccc(COC(=O)Oc2ccccc2)n1)Oc1ccccc1. The highest BCUT2D eigenvalue weighted by atomic mass is 16.7. The molecular formula is C21H17NO6. The van der Waals surface area contributed by atoms with Crippen molar-refractivity contribution in [2.75, 3.05) is 0 Å². The molecule has 3 aromatic rings. The van der Waals surface area contributed by atoms with E-state index < -0.39 is 12.3 Å². The molecule has 0 saturated heterocycles. The van der Waals surface area contributed by atoms with E-state index in [0.717, 1.165) is 0 Å². The summed E-state index contributed by atoms with van der Waals surface area (Å²) in [6, 6.07) is 22.3. The quantitative estimate of drug-likeness (QED) is 0.460. The van der Waals surface area contributed by atoms with Crippen molar-refractivity contribution in [1.29, 1.82) is 0 Å². The third-order valence-electron chi connectivity index (χ3n) is 3.43. The monoisotopic (exact) mass is 379 g/mol. The Kier molecular flexibility index (Phi) is 6.57. The minimum absolute atomic E-state index is 0.0754. The van der Waals surface area contributed by atoms with Crippen LogP contribution >= 0.6 is 0 Å². The first kappa shape index (κ1) is 18.9. The normalized spacial score (nSPS) is 10.0. The number of para-hydroxylation sites is 2. The van der Waals surface area contributed by atoms with Crippen LogP contribution < -0.4 is 9.47 Å². The fraction of sp³-hybridized carbons (Fsp3) is 0.0952. The molecule has 3 rings (SSSR count). The Bertz CT molecular complexity index is 842. The average molecular weight is 379 g/mol. The summed E-state index contributed by atoms with van der Waals surface area (Å²) in [6.45, 7) is -0.151. The molecule has 7 nitrogen and oxygen atoms in total. The van der Waals surface area contributed by atoms with E-state index in [-0.39, 0.29) is 13.2 Å². The number of rotatable bonds is 6. The first-order valence-corrected chi connectivity index (χ1v) is 8.43. The zero-order chi connectivity index (χ0) is 19.6. The molecule has 0 spiro atoms. The summed E-state index contributed by atoms with van der Waals surface area (Å²) in [4.78, 5) is 27.7. The maximum Gasteiger partial charge on any atom is 0.514 e. The lowest BCUT2D eigenvalue weighted by atomic mass is 10.3. The molecule has 1 heterocycles. The largest absolute Gasteiger partial charge is 0.514 e. The van der Waals surface area contributed by atoms with Gasteiger partial charge in [-0.2, -0.15) is 0 Å². The number of carbonyl (C=O) groups is 2. The van der Waals surface area contributed by atoms with Crippen LogP contribution in [0.3, 0.4) is 0 Å². The molecule has 0 amide bonds. The van der Waals surface area contributed by atoms with E-state index in [0.29, 0.717) is 22.9 Å². The number of aromatic nitrogens is 1. The first-order chi connectivity index (χ1) is 13.7. The molecule has 0 N–H and O–H groups in total. The highest BCUT2D eigenvalue weighted by molar-refractivity contribution is 5.64. The molecule has 0 saturated carbocycles. The first-order valence-electron chi connectivity index (χ1n) is 8.43. The number of nitrogens with zero attached hydrogens (tertiary/aromatic N) is 1. The summed E-state index contributed by atoms with van der Waals surface area (Å²) in [5.74, 6) is 0.777. The summed E-state index contributed by atoms with van der Waals surface area (Å²) >= 11 is 0. The Morgan fingerprint density at radius 3 is 1.46 bits per heavy atom. The van der Waals surface area contributed by atoms with Gasteiger partial charge in [0.25, 0.3) is 0 Å². The van der Waals surface area contributed by atoms with E-state index in [9.17, 15) is 9.59 Å². The zero-order valence-electron chi connectivity index (χ0n) is 14.8. The van der Waals surface area contributed by atoms with Gasteiger partial charge in [-0.1, -0.05) is 42.5 Å². The van der Waals surface area contributed by atoms with Gasteiger partial charge in [-0.3, -0.25) is 4.98 Å². The van der Waals surface area contributed by atoms with E-state index >= 15 is 0 Å². The Morgan fingerprint density at radius 2 is 1.04 bits per heavy atom. The van der Waals surface area contributed by atoms with Crippen molar-refractivity contribution in [3.63, 3.8) is 0 Å². The summed E-state index contributed by atoms with van der Waals surface area (Å²) in [5.41, 5.74) is 0.977. The molecule has 142 valence electrons. The fourth-order valence-electron chi connectivity index (χ4n) is 2.18. The lowest BCUT2D eigenvalue weighted by Crippen LogP contribution is -2.13. The van der Waals surface area contributed by atoms with Crippen LogP contribution in [0.1, 0.15) is 11.4 Å². The maximum atomic E-state index is 11.7. The van der Waals surface area contributed by atoms with Gasteiger partial charge in [0.2, 0.25) is 0 Å². The molecule has 0 atom stereocenters. The molecule has 0 aliphatic heterocycles. The third kappa shape index (κ3) is 6.14. The van der Waals surface area contributed by atoms with Gasteiger partial charge >= 0.3 is 12.3 Å². The molecule has 1 aromatic heterocycles. The standard InChI is InChI=1S/C21H17NO6/c23-20(27-18-10-3-1-4-11-18)25-14-16-8-7-9-17(22-16)15-26-21(24)28-19-12-5-2-6-13-19/h1-13H,14-15H2. The Morgan fingerprint density at radius 1 is 0.607 bits per heavy atom. The molecule has 0 unspecified atom stereocenters. The van der Waals surface area contributed by atoms with Crippen molar-refractivity contribution >= 4 is 12.3 Å². The molecule has 0 fully saturated rings. The van der Waals surface area contributed by atoms with Crippen molar-refractivity contribution in [2.24, 2.45) is 0 Å². The van der Waals surface area contributed by atoms with Crippen LogP contribution in [0.4, 0.5) is 9.59 Å². The zero-order valence-corrected chi connectivity index (χ0v) is 14.8. The van der Waals surface area contributed by atoms with Gasteiger partial charge in [0.1, 0.15) is 24.7 Å². The molecular weight excluding hydrogens is 362 g/mol. The Hall–Kier alpha value is -3.87. The van der Waals surface area contributed by atoms with Crippen molar-refractivity contribution in [3.8, 4) is 11.5 Å². The lowest BCUT2D eigenvalue weighted by Gasteiger charge is -2.08. The number of hydrogen-bond acceptors (Lipinski definition) is 7. The highest BCUT2D eigenvalue weighted by Crippen LogP contribution is 2.11. The van der Waals surface area contributed by atoms with E-state index in [2.05, 4.69) is 4.98 Å². The molecule has 7 heteroatoms. The van der Waals surface area contributed by atoms with Gasteiger partial charge in [0, 0.05) is 0 Å². The topological polar surface area (TPSA) is 84.0 Å². The predicted octanol–water partition coefficient (Wildman–Crippen LogP) is 4.51. The summed E-state index contributed by atoms with van der Waals surface area (Å²) in [6.07, 6.45) is -1.66. The van der Waals surface area contributed by atoms with Gasteiger partial charge in [-0.05, 0) is 36.4 Å². The number of benzene rings is 2. The molecule has 0 bridgehead atoms.